The number of carbonyl (C=O) groups excluding carboxylic acids is 1. The van der Waals surface area contributed by atoms with Crippen molar-refractivity contribution in [3.63, 3.8) is 0 Å². The second-order valence-corrected chi connectivity index (χ2v) is 6.61. The molecule has 2 aliphatic rings. The predicted molar refractivity (Wildman–Crippen MR) is 96.0 cm³/mol. The molecule has 7 heteroatoms. The van der Waals surface area contributed by atoms with E-state index < -0.39 is 0 Å². The van der Waals surface area contributed by atoms with Gasteiger partial charge in [-0.05, 0) is 43.0 Å². The molecule has 1 aromatic carbocycles. The Kier molecular flexibility index (Phi) is 7.02. The molecule has 0 saturated heterocycles. The van der Waals surface area contributed by atoms with Crippen LogP contribution < -0.4 is 20.5 Å². The van der Waals surface area contributed by atoms with Gasteiger partial charge < -0.3 is 20.5 Å². The molecule has 1 aliphatic heterocycles. The van der Waals surface area contributed by atoms with E-state index in [1.54, 1.807) is 0 Å². The second-order valence-electron chi connectivity index (χ2n) is 6.21. The summed E-state index contributed by atoms with van der Waals surface area (Å²) in [7, 11) is 0. The maximum atomic E-state index is 12.4. The third kappa shape index (κ3) is 4.26. The number of fused-ring (bicyclic) bond motifs is 1. The Bertz CT molecular complexity index is 583. The number of carbonyl (C=O) groups is 1. The van der Waals surface area contributed by atoms with Crippen molar-refractivity contribution >= 4 is 29.9 Å². The molecular weight excluding hydrogens is 351 g/mol. The molecule has 1 fully saturated rings. The summed E-state index contributed by atoms with van der Waals surface area (Å²) in [4.78, 5) is 12.4. The Morgan fingerprint density at radius 2 is 2.04 bits per heavy atom. The number of rotatable bonds is 4. The number of halogens is 2. The highest BCUT2D eigenvalue weighted by atomic mass is 35.5. The molecule has 24 heavy (non-hydrogen) atoms. The number of amides is 1. The average Bonchev–Trinajstić information content (AvgIpc) is 2.90. The topological polar surface area (TPSA) is 73.6 Å². The van der Waals surface area contributed by atoms with Crippen LogP contribution in [-0.4, -0.2) is 25.7 Å². The third-order valence-corrected chi connectivity index (χ3v) is 4.91. The van der Waals surface area contributed by atoms with Gasteiger partial charge in [-0.25, -0.2) is 0 Å². The fourth-order valence-electron chi connectivity index (χ4n) is 3.37. The van der Waals surface area contributed by atoms with E-state index in [9.17, 15) is 4.79 Å². The van der Waals surface area contributed by atoms with Crippen molar-refractivity contribution < 1.29 is 14.3 Å². The first-order chi connectivity index (χ1) is 11.2. The van der Waals surface area contributed by atoms with Crippen LogP contribution in [0.2, 0.25) is 5.02 Å². The van der Waals surface area contributed by atoms with Crippen molar-refractivity contribution in [1.82, 2.24) is 5.32 Å². The van der Waals surface area contributed by atoms with Gasteiger partial charge >= 0.3 is 0 Å². The lowest BCUT2D eigenvalue weighted by molar-refractivity contribution is -0.126. The summed E-state index contributed by atoms with van der Waals surface area (Å²) >= 11 is 6.27. The largest absolute Gasteiger partial charge is 0.489 e. The van der Waals surface area contributed by atoms with E-state index in [1.165, 1.54) is 0 Å². The van der Waals surface area contributed by atoms with Crippen LogP contribution in [0.15, 0.2) is 12.1 Å². The van der Waals surface area contributed by atoms with Gasteiger partial charge in [0.1, 0.15) is 0 Å². The first kappa shape index (κ1) is 19.2. The van der Waals surface area contributed by atoms with Gasteiger partial charge in [0.05, 0.1) is 18.2 Å². The molecule has 3 rings (SSSR count). The van der Waals surface area contributed by atoms with Crippen molar-refractivity contribution in [2.24, 2.45) is 17.6 Å². The lowest BCUT2D eigenvalue weighted by atomic mass is 9.95. The molecule has 1 saturated carbocycles. The van der Waals surface area contributed by atoms with Crippen molar-refractivity contribution in [1.29, 1.82) is 0 Å². The Balaban J connectivity index is 0.00000208. The Morgan fingerprint density at radius 3 is 2.83 bits per heavy atom. The van der Waals surface area contributed by atoms with Crippen LogP contribution in [0.5, 0.6) is 11.5 Å². The standard InChI is InChI=1S/C17H23ClN2O3.ClH/c18-14-7-11(8-15-16(14)23-6-2-5-22-15)10-20-17(21)13-4-1-3-12(13)9-19;/h7-8,12-13H,1-6,9-10,19H2,(H,20,21);1H/t12-,13-;/m1./s1. The Labute approximate surface area is 153 Å². The van der Waals surface area contributed by atoms with Gasteiger partial charge in [-0.15, -0.1) is 12.4 Å². The zero-order valence-electron chi connectivity index (χ0n) is 13.6. The van der Waals surface area contributed by atoms with Crippen LogP contribution in [0.25, 0.3) is 0 Å². The van der Waals surface area contributed by atoms with E-state index in [2.05, 4.69) is 5.32 Å². The Morgan fingerprint density at radius 1 is 1.25 bits per heavy atom. The zero-order valence-corrected chi connectivity index (χ0v) is 15.1. The summed E-state index contributed by atoms with van der Waals surface area (Å²) in [6.45, 7) is 2.22. The summed E-state index contributed by atoms with van der Waals surface area (Å²) in [5.41, 5.74) is 6.66. The minimum Gasteiger partial charge on any atom is -0.489 e. The van der Waals surface area contributed by atoms with Crippen molar-refractivity contribution in [2.45, 2.75) is 32.2 Å². The molecular formula is C17H24Cl2N2O3. The first-order valence-electron chi connectivity index (χ1n) is 8.25. The molecule has 1 aliphatic carbocycles. The average molecular weight is 375 g/mol. The predicted octanol–water partition coefficient (Wildman–Crippen LogP) is 2.91. The van der Waals surface area contributed by atoms with Crippen LogP contribution in [0.4, 0.5) is 0 Å². The van der Waals surface area contributed by atoms with E-state index in [4.69, 9.17) is 26.8 Å². The van der Waals surface area contributed by atoms with E-state index in [0.29, 0.717) is 48.7 Å². The van der Waals surface area contributed by atoms with Gasteiger partial charge in [0.2, 0.25) is 5.91 Å². The van der Waals surface area contributed by atoms with Gasteiger partial charge in [0.15, 0.2) is 11.5 Å². The summed E-state index contributed by atoms with van der Waals surface area (Å²) in [5, 5.41) is 3.53. The lowest BCUT2D eigenvalue weighted by Crippen LogP contribution is -2.34. The second kappa shape index (κ2) is 8.79. The molecule has 3 N–H and O–H groups in total. The lowest BCUT2D eigenvalue weighted by Gasteiger charge is -2.18. The van der Waals surface area contributed by atoms with Crippen molar-refractivity contribution in [3.8, 4) is 11.5 Å². The highest BCUT2D eigenvalue weighted by Gasteiger charge is 2.31. The summed E-state index contributed by atoms with van der Waals surface area (Å²) in [6.07, 6.45) is 3.88. The number of nitrogens with two attached hydrogens (primary N) is 1. The molecule has 1 amide bonds. The fraction of sp³-hybridized carbons (Fsp3) is 0.588. The molecule has 0 bridgehead atoms. The summed E-state index contributed by atoms with van der Waals surface area (Å²) in [6, 6.07) is 3.71. The number of benzene rings is 1. The van der Waals surface area contributed by atoms with Crippen molar-refractivity contribution in [2.75, 3.05) is 19.8 Å². The quantitative estimate of drug-likeness (QED) is 0.849. The Hall–Kier alpha value is -1.17. The molecule has 0 unspecified atom stereocenters. The monoisotopic (exact) mass is 374 g/mol. The van der Waals surface area contributed by atoms with Crippen LogP contribution in [0.1, 0.15) is 31.2 Å². The van der Waals surface area contributed by atoms with E-state index >= 15 is 0 Å². The molecule has 0 aromatic heterocycles. The third-order valence-electron chi connectivity index (χ3n) is 4.63. The highest BCUT2D eigenvalue weighted by Crippen LogP contribution is 2.38. The molecule has 134 valence electrons. The number of hydrogen-bond acceptors (Lipinski definition) is 4. The van der Waals surface area contributed by atoms with Gasteiger partial charge in [0.25, 0.3) is 0 Å². The number of ether oxygens (including phenoxy) is 2. The maximum Gasteiger partial charge on any atom is 0.223 e. The van der Waals surface area contributed by atoms with Gasteiger partial charge in [-0.2, -0.15) is 0 Å². The molecule has 0 spiro atoms. The molecule has 5 nitrogen and oxygen atoms in total. The van der Waals surface area contributed by atoms with E-state index in [1.807, 2.05) is 12.1 Å². The minimum atomic E-state index is 0. The van der Waals surface area contributed by atoms with Gasteiger partial charge in [-0.1, -0.05) is 18.0 Å². The molecule has 1 heterocycles. The zero-order chi connectivity index (χ0) is 16.2. The molecule has 0 radical (unpaired) electrons. The van der Waals surface area contributed by atoms with Crippen molar-refractivity contribution in [3.05, 3.63) is 22.7 Å². The minimum absolute atomic E-state index is 0. The molecule has 1 aromatic rings. The maximum absolute atomic E-state index is 12.4. The first-order valence-corrected chi connectivity index (χ1v) is 8.62. The summed E-state index contributed by atoms with van der Waals surface area (Å²) < 4.78 is 11.3. The number of nitrogens with one attached hydrogen (secondary N) is 1. The van der Waals surface area contributed by atoms with Gasteiger partial charge in [-0.3, -0.25) is 4.79 Å². The fourth-order valence-corrected chi connectivity index (χ4v) is 3.66. The van der Waals surface area contributed by atoms with Gasteiger partial charge in [0, 0.05) is 18.9 Å². The smallest absolute Gasteiger partial charge is 0.223 e. The SMILES string of the molecule is Cl.NC[C@H]1CCC[C@H]1C(=O)NCc1cc(Cl)c2c(c1)OCCCO2. The van der Waals surface area contributed by atoms with Crippen LogP contribution >= 0.6 is 24.0 Å². The van der Waals surface area contributed by atoms with Crippen LogP contribution in [0, 0.1) is 11.8 Å². The number of hydrogen-bond donors (Lipinski definition) is 2. The van der Waals surface area contributed by atoms with Crippen LogP contribution in [0.3, 0.4) is 0 Å². The summed E-state index contributed by atoms with van der Waals surface area (Å²) in [5.74, 6) is 1.68. The molecule has 2 atom stereocenters. The van der Waals surface area contributed by atoms with E-state index in [0.717, 1.165) is 31.2 Å². The van der Waals surface area contributed by atoms with Crippen LogP contribution in [-0.2, 0) is 11.3 Å². The highest BCUT2D eigenvalue weighted by molar-refractivity contribution is 6.32. The van der Waals surface area contributed by atoms with E-state index in [-0.39, 0.29) is 24.2 Å². The normalized spacial score (nSPS) is 22.4.